The van der Waals surface area contributed by atoms with Gasteiger partial charge in [0.15, 0.2) is 5.78 Å². The first kappa shape index (κ1) is 18.9. The Morgan fingerprint density at radius 2 is 1.83 bits per heavy atom. The van der Waals surface area contributed by atoms with Crippen LogP contribution in [0.1, 0.15) is 47.7 Å². The topological polar surface area (TPSA) is 99.7 Å². The molecule has 0 fully saturated rings. The lowest BCUT2D eigenvalue weighted by Crippen LogP contribution is -2.10. The average Bonchev–Trinajstić information content (AvgIpc) is 2.94. The molecule has 0 unspecified atom stereocenters. The highest BCUT2D eigenvalue weighted by atomic mass is 16.6. The van der Waals surface area contributed by atoms with Crippen LogP contribution in [-0.4, -0.2) is 10.7 Å². The maximum absolute atomic E-state index is 12.4. The van der Waals surface area contributed by atoms with E-state index < -0.39 is 4.92 Å². The fourth-order valence-corrected chi connectivity index (χ4v) is 3.76. The molecule has 4 rings (SSSR count). The van der Waals surface area contributed by atoms with Crippen molar-refractivity contribution in [3.63, 3.8) is 0 Å². The summed E-state index contributed by atoms with van der Waals surface area (Å²) in [6.45, 7) is 1.34. The number of Topliss-reactive ketones (excluding diaryl/α,β-unsaturated/α-hetero) is 1. The van der Waals surface area contributed by atoms with Crippen molar-refractivity contribution in [3.05, 3.63) is 73.6 Å². The van der Waals surface area contributed by atoms with E-state index in [0.29, 0.717) is 11.3 Å². The van der Waals surface area contributed by atoms with Gasteiger partial charge in [0, 0.05) is 28.6 Å². The number of hydrogen-bond acceptors (Lipinski definition) is 6. The first-order valence-corrected chi connectivity index (χ1v) is 9.50. The molecule has 0 saturated carbocycles. The molecule has 0 spiro atoms. The smallest absolute Gasteiger partial charge is 0.339 e. The van der Waals surface area contributed by atoms with Crippen molar-refractivity contribution in [2.24, 2.45) is 0 Å². The zero-order valence-electron chi connectivity index (χ0n) is 15.9. The van der Waals surface area contributed by atoms with E-state index in [4.69, 9.17) is 9.15 Å². The Hall–Kier alpha value is -3.48. The van der Waals surface area contributed by atoms with Gasteiger partial charge in [-0.3, -0.25) is 14.9 Å². The highest BCUT2D eigenvalue weighted by molar-refractivity contribution is 5.95. The van der Waals surface area contributed by atoms with Crippen LogP contribution in [-0.2, 0) is 12.8 Å². The molecule has 7 nitrogen and oxygen atoms in total. The summed E-state index contributed by atoms with van der Waals surface area (Å²) in [6, 6.07) is 9.17. The van der Waals surface area contributed by atoms with E-state index >= 15 is 0 Å². The SMILES string of the molecule is CC(=O)c1ccc(Oc2ccc3c4c(c(=O)oc3c2)CCCCC4)c([N+](=O)[O-])c1. The van der Waals surface area contributed by atoms with Gasteiger partial charge in [0.2, 0.25) is 5.75 Å². The monoisotopic (exact) mass is 393 g/mol. The molecular weight excluding hydrogens is 374 g/mol. The molecule has 3 aromatic rings. The summed E-state index contributed by atoms with van der Waals surface area (Å²) in [5.74, 6) is 0.0529. The zero-order chi connectivity index (χ0) is 20.5. The van der Waals surface area contributed by atoms with Crippen molar-refractivity contribution in [1.82, 2.24) is 0 Å². The summed E-state index contributed by atoms with van der Waals surface area (Å²) in [5.41, 5.74) is 1.77. The first-order valence-electron chi connectivity index (χ1n) is 9.50. The van der Waals surface area contributed by atoms with E-state index in [1.807, 2.05) is 6.07 Å². The Morgan fingerprint density at radius 3 is 2.55 bits per heavy atom. The van der Waals surface area contributed by atoms with Gasteiger partial charge in [-0.2, -0.15) is 0 Å². The molecule has 1 heterocycles. The molecule has 29 heavy (non-hydrogen) atoms. The highest BCUT2D eigenvalue weighted by Gasteiger charge is 2.20. The minimum absolute atomic E-state index is 0.0106. The second kappa shape index (κ2) is 7.50. The van der Waals surface area contributed by atoms with Gasteiger partial charge in [-0.15, -0.1) is 0 Å². The minimum atomic E-state index is -0.594. The van der Waals surface area contributed by atoms with Crippen LogP contribution >= 0.6 is 0 Å². The van der Waals surface area contributed by atoms with E-state index in [1.54, 1.807) is 12.1 Å². The van der Waals surface area contributed by atoms with Crippen LogP contribution in [0.2, 0.25) is 0 Å². The highest BCUT2D eigenvalue weighted by Crippen LogP contribution is 2.34. The lowest BCUT2D eigenvalue weighted by atomic mass is 10.0. The number of nitrogens with zero attached hydrogens (tertiary/aromatic N) is 1. The van der Waals surface area contributed by atoms with Crippen LogP contribution in [0, 0.1) is 10.1 Å². The van der Waals surface area contributed by atoms with Crippen LogP contribution in [0.5, 0.6) is 11.5 Å². The third kappa shape index (κ3) is 3.63. The normalized spacial score (nSPS) is 13.6. The van der Waals surface area contributed by atoms with E-state index in [1.165, 1.54) is 25.1 Å². The van der Waals surface area contributed by atoms with Gasteiger partial charge >= 0.3 is 11.3 Å². The minimum Gasteiger partial charge on any atom is -0.450 e. The maximum Gasteiger partial charge on any atom is 0.339 e. The van der Waals surface area contributed by atoms with E-state index in [0.717, 1.165) is 48.6 Å². The van der Waals surface area contributed by atoms with Gasteiger partial charge in [-0.1, -0.05) is 6.42 Å². The molecule has 2 aromatic carbocycles. The molecule has 0 N–H and O–H groups in total. The summed E-state index contributed by atoms with van der Waals surface area (Å²) in [5, 5.41) is 12.3. The third-order valence-corrected chi connectivity index (χ3v) is 5.24. The van der Waals surface area contributed by atoms with E-state index in [2.05, 4.69) is 0 Å². The van der Waals surface area contributed by atoms with Crippen LogP contribution < -0.4 is 10.4 Å². The summed E-state index contributed by atoms with van der Waals surface area (Å²) < 4.78 is 11.2. The molecule has 1 aromatic heterocycles. The number of ether oxygens (including phenoxy) is 1. The molecule has 148 valence electrons. The third-order valence-electron chi connectivity index (χ3n) is 5.24. The number of carbonyl (C=O) groups is 1. The fourth-order valence-electron chi connectivity index (χ4n) is 3.76. The second-order valence-corrected chi connectivity index (χ2v) is 7.16. The summed E-state index contributed by atoms with van der Waals surface area (Å²) in [7, 11) is 0. The number of ketones is 1. The predicted molar refractivity (Wildman–Crippen MR) is 107 cm³/mol. The number of rotatable bonds is 4. The van der Waals surface area contributed by atoms with Gasteiger partial charge in [0.25, 0.3) is 0 Å². The number of nitro groups is 1. The first-order chi connectivity index (χ1) is 13.9. The number of hydrogen-bond donors (Lipinski definition) is 0. The quantitative estimate of drug-likeness (QED) is 0.204. The van der Waals surface area contributed by atoms with Crippen LogP contribution in [0.4, 0.5) is 5.69 Å². The van der Waals surface area contributed by atoms with E-state index in [9.17, 15) is 19.7 Å². The lowest BCUT2D eigenvalue weighted by molar-refractivity contribution is -0.385. The average molecular weight is 393 g/mol. The van der Waals surface area contributed by atoms with Crippen LogP contribution in [0.25, 0.3) is 11.0 Å². The molecule has 0 saturated heterocycles. The molecule has 0 radical (unpaired) electrons. The summed E-state index contributed by atoms with van der Waals surface area (Å²) in [6.07, 6.45) is 4.63. The Balaban J connectivity index is 1.76. The largest absolute Gasteiger partial charge is 0.450 e. The Morgan fingerprint density at radius 1 is 1.07 bits per heavy atom. The molecule has 0 atom stereocenters. The van der Waals surface area contributed by atoms with Crippen molar-refractivity contribution >= 4 is 22.4 Å². The van der Waals surface area contributed by atoms with Crippen LogP contribution in [0.15, 0.2) is 45.6 Å². The van der Waals surface area contributed by atoms with Crippen molar-refractivity contribution in [2.45, 2.75) is 39.0 Å². The summed E-state index contributed by atoms with van der Waals surface area (Å²) in [4.78, 5) is 34.7. The van der Waals surface area contributed by atoms with Gasteiger partial charge in [-0.05, 0) is 62.4 Å². The second-order valence-electron chi connectivity index (χ2n) is 7.16. The van der Waals surface area contributed by atoms with Gasteiger partial charge in [-0.25, -0.2) is 4.79 Å². The van der Waals surface area contributed by atoms with Gasteiger partial charge in [0.05, 0.1) is 4.92 Å². The number of fused-ring (bicyclic) bond motifs is 3. The Labute approximate surface area is 166 Å². The summed E-state index contributed by atoms with van der Waals surface area (Å²) >= 11 is 0. The number of carbonyl (C=O) groups excluding carboxylic acids is 1. The molecule has 0 aliphatic heterocycles. The van der Waals surface area contributed by atoms with Gasteiger partial charge < -0.3 is 9.15 Å². The number of benzene rings is 2. The molecule has 7 heteroatoms. The zero-order valence-corrected chi connectivity index (χ0v) is 15.9. The molecular formula is C22H19NO6. The lowest BCUT2D eigenvalue weighted by Gasteiger charge is -2.11. The van der Waals surface area contributed by atoms with Gasteiger partial charge in [0.1, 0.15) is 11.3 Å². The molecule has 0 amide bonds. The molecule has 1 aliphatic carbocycles. The van der Waals surface area contributed by atoms with Crippen molar-refractivity contribution < 1.29 is 18.9 Å². The molecule has 1 aliphatic rings. The van der Waals surface area contributed by atoms with Crippen molar-refractivity contribution in [3.8, 4) is 11.5 Å². The predicted octanol–water partition coefficient (Wildman–Crippen LogP) is 4.97. The Bertz CT molecular complexity index is 1190. The van der Waals surface area contributed by atoms with Crippen molar-refractivity contribution in [2.75, 3.05) is 0 Å². The fraction of sp³-hybridized carbons (Fsp3) is 0.273. The van der Waals surface area contributed by atoms with E-state index in [-0.39, 0.29) is 28.4 Å². The maximum atomic E-state index is 12.4. The molecule has 0 bridgehead atoms. The number of nitro benzene ring substituents is 1. The standard InChI is InChI=1S/C22H19NO6/c1-13(24)14-7-10-20(19(11-14)23(26)27)28-15-8-9-17-16-5-3-2-4-6-18(16)22(25)29-21(17)12-15/h7-12H,2-6H2,1H3. The Kier molecular flexibility index (Phi) is 4.88. The van der Waals surface area contributed by atoms with Crippen LogP contribution in [0.3, 0.4) is 0 Å². The van der Waals surface area contributed by atoms with Crippen molar-refractivity contribution in [1.29, 1.82) is 0 Å². The number of aryl methyl sites for hydroxylation is 1.